The number of aromatic nitrogens is 2. The topological polar surface area (TPSA) is 68.0 Å². The first kappa shape index (κ1) is 14.7. The summed E-state index contributed by atoms with van der Waals surface area (Å²) in [5, 5.41) is 8.75. The molecule has 2 rings (SSSR count). The molecule has 108 valence electrons. The molecule has 2 aromatic rings. The van der Waals surface area contributed by atoms with Gasteiger partial charge in [0.05, 0.1) is 6.42 Å². The van der Waals surface area contributed by atoms with Crippen molar-refractivity contribution < 1.29 is 9.32 Å². The van der Waals surface area contributed by atoms with Gasteiger partial charge in [-0.05, 0) is 11.4 Å². The second kappa shape index (κ2) is 6.17. The Labute approximate surface area is 122 Å². The molecule has 0 spiro atoms. The maximum atomic E-state index is 11.7. The summed E-state index contributed by atoms with van der Waals surface area (Å²) in [6, 6.07) is 3.90. The van der Waals surface area contributed by atoms with Crippen LogP contribution in [-0.2, 0) is 23.1 Å². The Kier molecular flexibility index (Phi) is 4.54. The van der Waals surface area contributed by atoms with E-state index in [1.54, 1.807) is 11.3 Å². The first-order valence-corrected chi connectivity index (χ1v) is 7.45. The van der Waals surface area contributed by atoms with Crippen LogP contribution in [0.3, 0.4) is 0 Å². The summed E-state index contributed by atoms with van der Waals surface area (Å²) in [4.78, 5) is 17.1. The fraction of sp³-hybridized carbons (Fsp3) is 0.500. The Bertz CT molecular complexity index is 555. The summed E-state index contributed by atoms with van der Waals surface area (Å²) < 4.78 is 5.20. The minimum absolute atomic E-state index is 0.0204. The molecule has 0 aliphatic carbocycles. The summed E-state index contributed by atoms with van der Waals surface area (Å²) >= 11 is 1.59. The van der Waals surface area contributed by atoms with Crippen LogP contribution in [0.5, 0.6) is 0 Å². The van der Waals surface area contributed by atoms with Crippen molar-refractivity contribution in [2.75, 3.05) is 6.54 Å². The van der Waals surface area contributed by atoms with E-state index in [-0.39, 0.29) is 11.3 Å². The highest BCUT2D eigenvalue weighted by molar-refractivity contribution is 7.10. The van der Waals surface area contributed by atoms with Gasteiger partial charge in [0, 0.05) is 23.3 Å². The van der Waals surface area contributed by atoms with Crippen molar-refractivity contribution in [2.45, 2.75) is 39.0 Å². The van der Waals surface area contributed by atoms with Gasteiger partial charge in [0.15, 0.2) is 5.82 Å². The molecule has 0 atom stereocenters. The third-order valence-electron chi connectivity index (χ3n) is 2.70. The van der Waals surface area contributed by atoms with Gasteiger partial charge in [0.1, 0.15) is 0 Å². The summed E-state index contributed by atoms with van der Waals surface area (Å²) in [6.07, 6.45) is 1.01. The molecule has 0 saturated heterocycles. The van der Waals surface area contributed by atoms with Gasteiger partial charge in [-0.2, -0.15) is 4.98 Å². The maximum absolute atomic E-state index is 11.7. The van der Waals surface area contributed by atoms with Crippen LogP contribution in [0.25, 0.3) is 0 Å². The maximum Gasteiger partial charge on any atom is 0.232 e. The Morgan fingerprint density at radius 1 is 1.45 bits per heavy atom. The Morgan fingerprint density at radius 3 is 2.85 bits per heavy atom. The molecule has 0 aliphatic heterocycles. The normalized spacial score (nSPS) is 11.6. The van der Waals surface area contributed by atoms with E-state index in [0.717, 1.165) is 4.88 Å². The molecule has 0 aliphatic rings. The largest absolute Gasteiger partial charge is 0.355 e. The first-order chi connectivity index (χ1) is 9.45. The van der Waals surface area contributed by atoms with Crippen LogP contribution in [0.4, 0.5) is 0 Å². The number of hydrogen-bond acceptors (Lipinski definition) is 5. The van der Waals surface area contributed by atoms with Crippen molar-refractivity contribution in [1.82, 2.24) is 15.5 Å². The smallest absolute Gasteiger partial charge is 0.232 e. The summed E-state index contributed by atoms with van der Waals surface area (Å²) in [5.74, 6) is 1.27. The van der Waals surface area contributed by atoms with E-state index in [1.807, 2.05) is 38.3 Å². The summed E-state index contributed by atoms with van der Waals surface area (Å²) in [7, 11) is 0. The zero-order valence-electron chi connectivity index (χ0n) is 12.0. The van der Waals surface area contributed by atoms with Crippen molar-refractivity contribution in [3.05, 3.63) is 34.1 Å². The first-order valence-electron chi connectivity index (χ1n) is 6.57. The van der Waals surface area contributed by atoms with Crippen LogP contribution in [0.15, 0.2) is 22.0 Å². The van der Waals surface area contributed by atoms with Gasteiger partial charge in [0.2, 0.25) is 11.8 Å². The molecule has 0 saturated carbocycles. The monoisotopic (exact) mass is 293 g/mol. The van der Waals surface area contributed by atoms with Gasteiger partial charge in [-0.1, -0.05) is 32.0 Å². The standard InChI is InChI=1S/C14H19N3O2S/c1-14(2,3)13-16-11(17-19-13)6-7-15-12(18)9-10-5-4-8-20-10/h4-5,8H,6-7,9H2,1-3H3,(H,15,18). The Balaban J connectivity index is 1.75. The lowest BCUT2D eigenvalue weighted by molar-refractivity contribution is -0.120. The molecule has 5 nitrogen and oxygen atoms in total. The summed E-state index contributed by atoms with van der Waals surface area (Å²) in [5.41, 5.74) is -0.145. The highest BCUT2D eigenvalue weighted by atomic mass is 32.1. The minimum atomic E-state index is -0.145. The van der Waals surface area contributed by atoms with Crippen molar-refractivity contribution in [3.63, 3.8) is 0 Å². The molecule has 2 aromatic heterocycles. The molecule has 0 aromatic carbocycles. The fourth-order valence-electron chi connectivity index (χ4n) is 1.61. The average Bonchev–Trinajstić information content (AvgIpc) is 2.98. The number of hydrogen-bond donors (Lipinski definition) is 1. The molecule has 6 heteroatoms. The van der Waals surface area contributed by atoms with E-state index in [9.17, 15) is 4.79 Å². The third kappa shape index (κ3) is 4.16. The van der Waals surface area contributed by atoms with Crippen LogP contribution in [0, 0.1) is 0 Å². The zero-order chi connectivity index (χ0) is 14.6. The van der Waals surface area contributed by atoms with Gasteiger partial charge in [0.25, 0.3) is 0 Å². The van der Waals surface area contributed by atoms with Crippen molar-refractivity contribution in [3.8, 4) is 0 Å². The van der Waals surface area contributed by atoms with Gasteiger partial charge >= 0.3 is 0 Å². The quantitative estimate of drug-likeness (QED) is 0.918. The van der Waals surface area contributed by atoms with E-state index >= 15 is 0 Å². The molecule has 1 amide bonds. The average molecular weight is 293 g/mol. The number of amides is 1. The van der Waals surface area contributed by atoms with Crippen LogP contribution >= 0.6 is 11.3 Å². The molecule has 1 N–H and O–H groups in total. The zero-order valence-corrected chi connectivity index (χ0v) is 12.8. The number of nitrogens with one attached hydrogen (secondary N) is 1. The van der Waals surface area contributed by atoms with Crippen LogP contribution in [0.1, 0.15) is 37.4 Å². The lowest BCUT2D eigenvalue weighted by atomic mass is 9.97. The van der Waals surface area contributed by atoms with E-state index in [0.29, 0.717) is 31.1 Å². The van der Waals surface area contributed by atoms with Gasteiger partial charge in [-0.15, -0.1) is 11.3 Å². The van der Waals surface area contributed by atoms with Crippen LogP contribution < -0.4 is 5.32 Å². The lowest BCUT2D eigenvalue weighted by Crippen LogP contribution is -2.27. The number of carbonyl (C=O) groups excluding carboxylic acids is 1. The molecule has 0 unspecified atom stereocenters. The summed E-state index contributed by atoms with van der Waals surface area (Å²) in [6.45, 7) is 6.58. The predicted octanol–water partition coefficient (Wildman–Crippen LogP) is 2.33. The second-order valence-electron chi connectivity index (χ2n) is 5.62. The molecule has 0 fully saturated rings. The van der Waals surface area contributed by atoms with Gasteiger partial charge < -0.3 is 9.84 Å². The number of thiophene rings is 1. The van der Waals surface area contributed by atoms with E-state index in [4.69, 9.17) is 4.52 Å². The van der Waals surface area contributed by atoms with E-state index < -0.39 is 0 Å². The minimum Gasteiger partial charge on any atom is -0.355 e. The Morgan fingerprint density at radius 2 is 2.25 bits per heavy atom. The predicted molar refractivity (Wildman–Crippen MR) is 77.7 cm³/mol. The Hall–Kier alpha value is -1.69. The van der Waals surface area contributed by atoms with Crippen molar-refractivity contribution in [1.29, 1.82) is 0 Å². The molecule has 0 radical (unpaired) electrons. The third-order valence-corrected chi connectivity index (χ3v) is 3.57. The fourth-order valence-corrected chi connectivity index (χ4v) is 2.31. The lowest BCUT2D eigenvalue weighted by Gasteiger charge is -2.10. The van der Waals surface area contributed by atoms with Crippen LogP contribution in [0.2, 0.25) is 0 Å². The van der Waals surface area contributed by atoms with E-state index in [1.165, 1.54) is 0 Å². The molecular formula is C14H19N3O2S. The number of carbonyl (C=O) groups is 1. The highest BCUT2D eigenvalue weighted by Crippen LogP contribution is 2.19. The second-order valence-corrected chi connectivity index (χ2v) is 6.65. The number of nitrogens with zero attached hydrogens (tertiary/aromatic N) is 2. The molecule has 20 heavy (non-hydrogen) atoms. The molecule has 2 heterocycles. The van der Waals surface area contributed by atoms with Gasteiger partial charge in [-0.3, -0.25) is 4.79 Å². The van der Waals surface area contributed by atoms with E-state index in [2.05, 4.69) is 15.5 Å². The van der Waals surface area contributed by atoms with Crippen LogP contribution in [-0.4, -0.2) is 22.6 Å². The molecular weight excluding hydrogens is 274 g/mol. The number of rotatable bonds is 5. The SMILES string of the molecule is CC(C)(C)c1nc(CCNC(=O)Cc2cccs2)no1. The van der Waals surface area contributed by atoms with Crippen molar-refractivity contribution in [2.24, 2.45) is 0 Å². The van der Waals surface area contributed by atoms with Gasteiger partial charge in [-0.25, -0.2) is 0 Å². The van der Waals surface area contributed by atoms with Crippen molar-refractivity contribution >= 4 is 17.2 Å². The molecule has 0 bridgehead atoms. The highest BCUT2D eigenvalue weighted by Gasteiger charge is 2.21.